The van der Waals surface area contributed by atoms with Crippen molar-refractivity contribution in [2.75, 3.05) is 19.5 Å². The first-order chi connectivity index (χ1) is 7.70. The van der Waals surface area contributed by atoms with E-state index in [0.29, 0.717) is 12.5 Å². The third-order valence-electron chi connectivity index (χ3n) is 1.82. The molecule has 1 aliphatic heterocycles. The maximum atomic E-state index is 7.71. The molecule has 0 aliphatic carbocycles. The van der Waals surface area contributed by atoms with Gasteiger partial charge in [-0.25, -0.2) is 4.98 Å². The minimum absolute atomic E-state index is 0.299. The van der Waals surface area contributed by atoms with E-state index >= 15 is 0 Å². The molecule has 5 heteroatoms. The number of thioether (sulfide) groups is 1. The summed E-state index contributed by atoms with van der Waals surface area (Å²) in [6.45, 7) is 2.48. The SMILES string of the molecule is [2H]C1SC(c2cncc(OCC)n2)=CN1C. The molecule has 4 nitrogen and oxygen atoms in total. The van der Waals surface area contributed by atoms with E-state index in [1.165, 1.54) is 11.8 Å². The summed E-state index contributed by atoms with van der Waals surface area (Å²) in [5.41, 5.74) is 0.762. The lowest BCUT2D eigenvalue weighted by Gasteiger charge is -2.03. The molecule has 1 unspecified atom stereocenters. The molecule has 1 aliphatic rings. The molecule has 0 spiro atoms. The lowest BCUT2D eigenvalue weighted by atomic mass is 10.4. The van der Waals surface area contributed by atoms with Crippen LogP contribution >= 0.6 is 11.8 Å². The number of aromatic nitrogens is 2. The van der Waals surface area contributed by atoms with E-state index < -0.39 is 0 Å². The van der Waals surface area contributed by atoms with Gasteiger partial charge in [-0.2, -0.15) is 0 Å². The van der Waals surface area contributed by atoms with Crippen LogP contribution in [0.4, 0.5) is 0 Å². The molecular formula is C10H13N3OS. The van der Waals surface area contributed by atoms with E-state index in [4.69, 9.17) is 6.11 Å². The first-order valence-electron chi connectivity index (χ1n) is 5.26. The summed E-state index contributed by atoms with van der Waals surface area (Å²) >= 11 is 1.45. The van der Waals surface area contributed by atoms with Crippen molar-refractivity contribution in [2.24, 2.45) is 0 Å². The second kappa shape index (κ2) is 4.53. The molecule has 1 atom stereocenters. The molecule has 2 rings (SSSR count). The number of nitrogens with zero attached hydrogens (tertiary/aromatic N) is 3. The van der Waals surface area contributed by atoms with Crippen LogP contribution in [0.3, 0.4) is 0 Å². The Kier molecular flexibility index (Phi) is 2.72. The topological polar surface area (TPSA) is 38.3 Å². The maximum Gasteiger partial charge on any atom is 0.232 e. The summed E-state index contributed by atoms with van der Waals surface area (Å²) < 4.78 is 13.0. The Balaban J connectivity index is 2.21. The van der Waals surface area contributed by atoms with Crippen LogP contribution in [0.1, 0.15) is 14.0 Å². The van der Waals surface area contributed by atoms with Crippen molar-refractivity contribution in [3.63, 3.8) is 0 Å². The van der Waals surface area contributed by atoms with Crippen molar-refractivity contribution in [1.82, 2.24) is 14.9 Å². The molecule has 0 bridgehead atoms. The largest absolute Gasteiger partial charge is 0.477 e. The van der Waals surface area contributed by atoms with Gasteiger partial charge < -0.3 is 9.64 Å². The van der Waals surface area contributed by atoms with E-state index in [0.717, 1.165) is 10.6 Å². The average Bonchev–Trinajstić information content (AvgIpc) is 2.60. The van der Waals surface area contributed by atoms with E-state index in [1.54, 1.807) is 12.4 Å². The summed E-state index contributed by atoms with van der Waals surface area (Å²) in [6.07, 6.45) is 5.18. The average molecular weight is 224 g/mol. The minimum atomic E-state index is -0.299. The summed E-state index contributed by atoms with van der Waals surface area (Å²) in [5.74, 6) is 0.227. The zero-order valence-electron chi connectivity index (χ0n) is 9.67. The second-order valence-electron chi connectivity index (χ2n) is 3.06. The Labute approximate surface area is 94.8 Å². The molecule has 15 heavy (non-hydrogen) atoms. The van der Waals surface area contributed by atoms with Crippen molar-refractivity contribution >= 4 is 16.7 Å². The van der Waals surface area contributed by atoms with Crippen LogP contribution < -0.4 is 4.74 Å². The quantitative estimate of drug-likeness (QED) is 0.783. The van der Waals surface area contributed by atoms with Crippen molar-refractivity contribution in [3.05, 3.63) is 24.3 Å². The highest BCUT2D eigenvalue weighted by Crippen LogP contribution is 2.32. The Hall–Kier alpha value is -1.23. The van der Waals surface area contributed by atoms with Gasteiger partial charge in [0.2, 0.25) is 5.88 Å². The highest BCUT2D eigenvalue weighted by atomic mass is 32.2. The Morgan fingerprint density at radius 2 is 2.53 bits per heavy atom. The molecule has 80 valence electrons. The Bertz CT molecular complexity index is 413. The van der Waals surface area contributed by atoms with Crippen LogP contribution in [0.15, 0.2) is 18.6 Å². The molecule has 0 radical (unpaired) electrons. The van der Waals surface area contributed by atoms with Gasteiger partial charge in [0, 0.05) is 13.2 Å². The Morgan fingerprint density at radius 1 is 1.67 bits per heavy atom. The van der Waals surface area contributed by atoms with Gasteiger partial charge in [-0.05, 0) is 6.92 Å². The third kappa shape index (κ3) is 2.41. The lowest BCUT2D eigenvalue weighted by molar-refractivity contribution is 0.325. The molecule has 2 heterocycles. The van der Waals surface area contributed by atoms with Crippen LogP contribution in [0.25, 0.3) is 4.91 Å². The molecule has 0 saturated carbocycles. The van der Waals surface area contributed by atoms with E-state index in [1.807, 2.05) is 25.1 Å². The fraction of sp³-hybridized carbons (Fsp3) is 0.400. The summed E-state index contributed by atoms with van der Waals surface area (Å²) in [6, 6.07) is 0. The first kappa shape index (κ1) is 9.03. The molecular weight excluding hydrogens is 210 g/mol. The monoisotopic (exact) mass is 224 g/mol. The van der Waals surface area contributed by atoms with Gasteiger partial charge in [0.1, 0.15) is 5.69 Å². The molecule has 1 aromatic rings. The van der Waals surface area contributed by atoms with Crippen LogP contribution in [0.5, 0.6) is 5.88 Å². The normalized spacial score (nSPS) is 21.2. The van der Waals surface area contributed by atoms with Gasteiger partial charge in [-0.3, -0.25) is 4.98 Å². The molecule has 0 amide bonds. The predicted octanol–water partition coefficient (Wildman–Crippen LogP) is 1.81. The fourth-order valence-electron chi connectivity index (χ4n) is 1.20. The van der Waals surface area contributed by atoms with Crippen LogP contribution in [0, 0.1) is 0 Å². The third-order valence-corrected chi connectivity index (χ3v) is 2.83. The van der Waals surface area contributed by atoms with Gasteiger partial charge in [0.05, 0.1) is 31.1 Å². The van der Waals surface area contributed by atoms with E-state index in [-0.39, 0.29) is 5.85 Å². The number of hydrogen-bond donors (Lipinski definition) is 0. The lowest BCUT2D eigenvalue weighted by Crippen LogP contribution is -2.02. The molecule has 0 fully saturated rings. The first-order valence-corrected chi connectivity index (χ1v) is 5.56. The number of ether oxygens (including phenoxy) is 1. The Morgan fingerprint density at radius 3 is 3.20 bits per heavy atom. The number of rotatable bonds is 3. The van der Waals surface area contributed by atoms with Crippen molar-refractivity contribution in [1.29, 1.82) is 0 Å². The summed E-state index contributed by atoms with van der Waals surface area (Å²) in [5, 5.41) is 0. The molecule has 0 N–H and O–H groups in total. The van der Waals surface area contributed by atoms with E-state index in [9.17, 15) is 0 Å². The van der Waals surface area contributed by atoms with Gasteiger partial charge in [0.25, 0.3) is 0 Å². The summed E-state index contributed by atoms with van der Waals surface area (Å²) in [4.78, 5) is 11.2. The van der Waals surface area contributed by atoms with Gasteiger partial charge in [-0.1, -0.05) is 0 Å². The minimum Gasteiger partial charge on any atom is -0.477 e. The zero-order chi connectivity index (χ0) is 11.5. The van der Waals surface area contributed by atoms with Crippen LogP contribution in [-0.2, 0) is 0 Å². The standard InChI is InChI=1S/C10H13N3OS/c1-3-14-10-5-11-4-8(12-10)9-6-13(2)7-15-9/h4-6H,3,7H2,1-2H3/i7D. The van der Waals surface area contributed by atoms with Crippen molar-refractivity contribution < 1.29 is 6.11 Å². The van der Waals surface area contributed by atoms with Crippen molar-refractivity contribution in [2.45, 2.75) is 6.92 Å². The number of hydrogen-bond acceptors (Lipinski definition) is 5. The summed E-state index contributed by atoms with van der Waals surface area (Å²) in [7, 11) is 1.87. The van der Waals surface area contributed by atoms with Crippen LogP contribution in [-0.4, -0.2) is 34.4 Å². The van der Waals surface area contributed by atoms with Gasteiger partial charge in [0.15, 0.2) is 0 Å². The molecule has 0 saturated heterocycles. The van der Waals surface area contributed by atoms with Crippen molar-refractivity contribution in [3.8, 4) is 5.88 Å². The van der Waals surface area contributed by atoms with E-state index in [2.05, 4.69) is 9.97 Å². The second-order valence-corrected chi connectivity index (χ2v) is 3.94. The predicted molar refractivity (Wildman–Crippen MR) is 61.4 cm³/mol. The molecule has 0 aromatic carbocycles. The maximum absolute atomic E-state index is 7.71. The molecule has 1 aromatic heterocycles. The highest BCUT2D eigenvalue weighted by Gasteiger charge is 2.13. The van der Waals surface area contributed by atoms with Gasteiger partial charge in [-0.15, -0.1) is 11.8 Å². The van der Waals surface area contributed by atoms with Crippen LogP contribution in [0.2, 0.25) is 0 Å². The highest BCUT2D eigenvalue weighted by molar-refractivity contribution is 8.08. The van der Waals surface area contributed by atoms with Gasteiger partial charge >= 0.3 is 0 Å². The fourth-order valence-corrected chi connectivity index (χ4v) is 1.98. The zero-order valence-corrected chi connectivity index (χ0v) is 9.49. The smallest absolute Gasteiger partial charge is 0.232 e.